The molecule has 2 N–H and O–H groups in total. The van der Waals surface area contributed by atoms with E-state index in [2.05, 4.69) is 10.6 Å². The lowest BCUT2D eigenvalue weighted by Gasteiger charge is -2.18. The summed E-state index contributed by atoms with van der Waals surface area (Å²) in [5.74, 6) is -2.15. The first kappa shape index (κ1) is 20.7. The standard InChI is InChI=1S/C18H16Cl2FN3O3/c1-24(10-15(25)23-17-13(19)6-3-7-14(17)20)16(26)9-22-18(27)11-4-2-5-12(21)8-11/h2-8H,9-10H2,1H3,(H,22,27)(H,23,25). The van der Waals surface area contributed by atoms with E-state index in [1.54, 1.807) is 18.2 Å². The zero-order chi connectivity index (χ0) is 20.0. The molecule has 142 valence electrons. The molecule has 9 heteroatoms. The van der Waals surface area contributed by atoms with Crippen molar-refractivity contribution >= 4 is 46.6 Å². The number of amides is 3. The second-order valence-corrected chi connectivity index (χ2v) is 6.40. The molecule has 0 aromatic heterocycles. The normalized spacial score (nSPS) is 10.2. The van der Waals surface area contributed by atoms with Crippen LogP contribution in [-0.2, 0) is 9.59 Å². The Kier molecular flexibility index (Phi) is 7.15. The van der Waals surface area contributed by atoms with Crippen LogP contribution in [-0.4, -0.2) is 42.8 Å². The number of nitrogens with one attached hydrogen (secondary N) is 2. The SMILES string of the molecule is CN(CC(=O)Nc1c(Cl)cccc1Cl)C(=O)CNC(=O)c1cccc(F)c1. The molecular formula is C18H16Cl2FN3O3. The topological polar surface area (TPSA) is 78.5 Å². The summed E-state index contributed by atoms with van der Waals surface area (Å²) in [6.07, 6.45) is 0. The Morgan fingerprint density at radius 2 is 1.70 bits per heavy atom. The van der Waals surface area contributed by atoms with Crippen molar-refractivity contribution < 1.29 is 18.8 Å². The minimum absolute atomic E-state index is 0.0940. The summed E-state index contributed by atoms with van der Waals surface area (Å²) in [5.41, 5.74) is 0.350. The Balaban J connectivity index is 1.86. The average Bonchev–Trinajstić information content (AvgIpc) is 2.62. The van der Waals surface area contributed by atoms with Crippen molar-refractivity contribution in [2.45, 2.75) is 0 Å². The van der Waals surface area contributed by atoms with Crippen molar-refractivity contribution in [2.75, 3.05) is 25.5 Å². The van der Waals surface area contributed by atoms with Gasteiger partial charge in [-0.1, -0.05) is 35.3 Å². The summed E-state index contributed by atoms with van der Waals surface area (Å²) in [7, 11) is 1.41. The van der Waals surface area contributed by atoms with Crippen LogP contribution in [0.2, 0.25) is 10.0 Å². The monoisotopic (exact) mass is 411 g/mol. The van der Waals surface area contributed by atoms with E-state index >= 15 is 0 Å². The summed E-state index contributed by atoms with van der Waals surface area (Å²) in [4.78, 5) is 37.2. The molecule has 0 spiro atoms. The van der Waals surface area contributed by atoms with Crippen LogP contribution in [0.25, 0.3) is 0 Å². The van der Waals surface area contributed by atoms with Crippen molar-refractivity contribution in [3.05, 3.63) is 63.9 Å². The molecule has 2 rings (SSSR count). The number of para-hydroxylation sites is 1. The second kappa shape index (κ2) is 9.34. The molecule has 2 aromatic carbocycles. The van der Waals surface area contributed by atoms with Gasteiger partial charge in [0.2, 0.25) is 11.8 Å². The molecular weight excluding hydrogens is 396 g/mol. The van der Waals surface area contributed by atoms with Crippen molar-refractivity contribution in [2.24, 2.45) is 0 Å². The largest absolute Gasteiger partial charge is 0.343 e. The molecule has 0 aliphatic carbocycles. The molecule has 0 atom stereocenters. The molecule has 0 unspecified atom stereocenters. The molecule has 27 heavy (non-hydrogen) atoms. The second-order valence-electron chi connectivity index (χ2n) is 5.59. The van der Waals surface area contributed by atoms with Crippen LogP contribution in [0.4, 0.5) is 10.1 Å². The Hall–Kier alpha value is -2.64. The van der Waals surface area contributed by atoms with Gasteiger partial charge in [0.15, 0.2) is 0 Å². The summed E-state index contributed by atoms with van der Waals surface area (Å²) < 4.78 is 13.1. The van der Waals surface area contributed by atoms with Gasteiger partial charge in [-0.3, -0.25) is 14.4 Å². The summed E-state index contributed by atoms with van der Waals surface area (Å²) in [6.45, 7) is -0.609. The van der Waals surface area contributed by atoms with Gasteiger partial charge < -0.3 is 15.5 Å². The smallest absolute Gasteiger partial charge is 0.251 e. The molecule has 0 fully saturated rings. The molecule has 0 saturated heterocycles. The molecule has 6 nitrogen and oxygen atoms in total. The highest BCUT2D eigenvalue weighted by atomic mass is 35.5. The lowest BCUT2D eigenvalue weighted by Crippen LogP contribution is -2.41. The van der Waals surface area contributed by atoms with Crippen LogP contribution in [0, 0.1) is 5.82 Å². The predicted molar refractivity (Wildman–Crippen MR) is 101 cm³/mol. The van der Waals surface area contributed by atoms with Gasteiger partial charge in [0.1, 0.15) is 5.82 Å². The van der Waals surface area contributed by atoms with Crippen molar-refractivity contribution in [3.63, 3.8) is 0 Å². The van der Waals surface area contributed by atoms with E-state index in [-0.39, 0.29) is 34.4 Å². The fraction of sp³-hybridized carbons (Fsp3) is 0.167. The Bertz CT molecular complexity index is 856. The maximum Gasteiger partial charge on any atom is 0.251 e. The lowest BCUT2D eigenvalue weighted by atomic mass is 10.2. The molecule has 0 bridgehead atoms. The molecule has 3 amide bonds. The van der Waals surface area contributed by atoms with E-state index in [9.17, 15) is 18.8 Å². The van der Waals surface area contributed by atoms with Gasteiger partial charge in [0.25, 0.3) is 5.91 Å². The number of carbonyl (C=O) groups is 3. The van der Waals surface area contributed by atoms with E-state index in [1.807, 2.05) is 0 Å². The van der Waals surface area contributed by atoms with Crippen LogP contribution in [0.15, 0.2) is 42.5 Å². The third-order valence-corrected chi connectivity index (χ3v) is 4.15. The number of rotatable bonds is 6. The number of hydrogen-bond acceptors (Lipinski definition) is 3. The van der Waals surface area contributed by atoms with E-state index < -0.39 is 23.5 Å². The number of carbonyl (C=O) groups excluding carboxylic acids is 3. The van der Waals surface area contributed by atoms with Gasteiger partial charge in [0, 0.05) is 12.6 Å². The molecule has 0 saturated carbocycles. The number of halogens is 3. The summed E-state index contributed by atoms with van der Waals surface area (Å²) in [5, 5.41) is 5.45. The van der Waals surface area contributed by atoms with E-state index in [0.29, 0.717) is 0 Å². The van der Waals surface area contributed by atoms with Gasteiger partial charge in [-0.2, -0.15) is 0 Å². The van der Waals surface area contributed by atoms with Crippen LogP contribution < -0.4 is 10.6 Å². The van der Waals surface area contributed by atoms with Gasteiger partial charge in [0.05, 0.1) is 28.8 Å². The van der Waals surface area contributed by atoms with Crippen LogP contribution in [0.1, 0.15) is 10.4 Å². The summed E-state index contributed by atoms with van der Waals surface area (Å²) in [6, 6.07) is 9.86. The van der Waals surface area contributed by atoms with Gasteiger partial charge >= 0.3 is 0 Å². The van der Waals surface area contributed by atoms with Crippen molar-refractivity contribution in [1.82, 2.24) is 10.2 Å². The maximum atomic E-state index is 13.1. The minimum atomic E-state index is -0.594. The number of hydrogen-bond donors (Lipinski definition) is 2. The zero-order valence-corrected chi connectivity index (χ0v) is 15.8. The first-order valence-corrected chi connectivity index (χ1v) is 8.55. The highest BCUT2D eigenvalue weighted by molar-refractivity contribution is 6.39. The fourth-order valence-electron chi connectivity index (χ4n) is 2.12. The molecule has 0 radical (unpaired) electrons. The molecule has 0 aliphatic rings. The van der Waals surface area contributed by atoms with Crippen LogP contribution >= 0.6 is 23.2 Å². The summed E-state index contributed by atoms with van der Waals surface area (Å²) >= 11 is 11.9. The number of benzene rings is 2. The third kappa shape index (κ3) is 5.94. The number of anilines is 1. The van der Waals surface area contributed by atoms with Gasteiger partial charge in [-0.05, 0) is 30.3 Å². The van der Waals surface area contributed by atoms with Crippen molar-refractivity contribution in [3.8, 4) is 0 Å². The Morgan fingerprint density at radius 1 is 1.07 bits per heavy atom. The average molecular weight is 412 g/mol. The quantitative estimate of drug-likeness (QED) is 0.766. The third-order valence-electron chi connectivity index (χ3n) is 3.52. The highest BCUT2D eigenvalue weighted by Crippen LogP contribution is 2.29. The van der Waals surface area contributed by atoms with Gasteiger partial charge in [-0.15, -0.1) is 0 Å². The Morgan fingerprint density at radius 3 is 2.33 bits per heavy atom. The van der Waals surface area contributed by atoms with Crippen LogP contribution in [0.3, 0.4) is 0 Å². The zero-order valence-electron chi connectivity index (χ0n) is 14.3. The lowest BCUT2D eigenvalue weighted by molar-refractivity contribution is -0.132. The van der Waals surface area contributed by atoms with E-state index in [1.165, 1.54) is 25.2 Å². The van der Waals surface area contributed by atoms with E-state index in [4.69, 9.17) is 23.2 Å². The number of nitrogens with zero attached hydrogens (tertiary/aromatic N) is 1. The molecule has 2 aromatic rings. The fourth-order valence-corrected chi connectivity index (χ4v) is 2.61. The predicted octanol–water partition coefficient (Wildman–Crippen LogP) is 2.96. The highest BCUT2D eigenvalue weighted by Gasteiger charge is 2.16. The first-order valence-electron chi connectivity index (χ1n) is 7.79. The van der Waals surface area contributed by atoms with Gasteiger partial charge in [-0.25, -0.2) is 4.39 Å². The maximum absolute atomic E-state index is 13.1. The first-order chi connectivity index (χ1) is 12.8. The van der Waals surface area contributed by atoms with E-state index in [0.717, 1.165) is 11.0 Å². The number of likely N-dealkylation sites (N-methyl/N-ethyl adjacent to an activating group) is 1. The Labute approximate surface area is 165 Å². The van der Waals surface area contributed by atoms with Crippen LogP contribution in [0.5, 0.6) is 0 Å². The molecule has 0 aliphatic heterocycles. The van der Waals surface area contributed by atoms with Crippen molar-refractivity contribution in [1.29, 1.82) is 0 Å². The molecule has 0 heterocycles. The minimum Gasteiger partial charge on any atom is -0.343 e.